The molecule has 0 spiro atoms. The van der Waals surface area contributed by atoms with E-state index >= 15 is 0 Å². The van der Waals surface area contributed by atoms with Crippen molar-refractivity contribution in [3.05, 3.63) is 52.2 Å². The third kappa shape index (κ3) is 2.54. The van der Waals surface area contributed by atoms with Crippen molar-refractivity contribution in [1.82, 2.24) is 19.5 Å². The molecule has 124 valence electrons. The number of aromatic nitrogens is 4. The highest BCUT2D eigenvalue weighted by Gasteiger charge is 2.38. The zero-order valence-electron chi connectivity index (χ0n) is 13.0. The third-order valence-electron chi connectivity index (χ3n) is 4.52. The van der Waals surface area contributed by atoms with Gasteiger partial charge in [0, 0.05) is 37.3 Å². The molecule has 24 heavy (non-hydrogen) atoms. The van der Waals surface area contributed by atoms with Crippen molar-refractivity contribution in [2.24, 2.45) is 0 Å². The van der Waals surface area contributed by atoms with Crippen LogP contribution in [-0.2, 0) is 0 Å². The number of rotatable bonds is 4. The molecular formula is C16H17ClN6O. The molecule has 2 unspecified atom stereocenters. The maximum atomic E-state index is 12.2. The van der Waals surface area contributed by atoms with E-state index in [-0.39, 0.29) is 16.9 Å². The van der Waals surface area contributed by atoms with Gasteiger partial charge in [0.2, 0.25) is 17.2 Å². The van der Waals surface area contributed by atoms with E-state index in [1.165, 1.54) is 0 Å². The molecule has 1 saturated heterocycles. The van der Waals surface area contributed by atoms with Gasteiger partial charge in [0.15, 0.2) is 0 Å². The molecule has 4 heterocycles. The molecule has 1 N–H and O–H groups in total. The summed E-state index contributed by atoms with van der Waals surface area (Å²) in [5, 5.41) is 3.18. The summed E-state index contributed by atoms with van der Waals surface area (Å²) in [7, 11) is 0. The van der Waals surface area contributed by atoms with Crippen molar-refractivity contribution in [1.29, 1.82) is 0 Å². The molecule has 2 aromatic rings. The van der Waals surface area contributed by atoms with Gasteiger partial charge in [-0.1, -0.05) is 12.1 Å². The van der Waals surface area contributed by atoms with E-state index in [1.54, 1.807) is 12.1 Å². The average molecular weight is 345 g/mol. The van der Waals surface area contributed by atoms with E-state index in [0.717, 1.165) is 18.7 Å². The molecule has 7 nitrogen and oxygen atoms in total. The molecule has 0 aromatic carbocycles. The first-order valence-electron chi connectivity index (χ1n) is 7.88. The van der Waals surface area contributed by atoms with Crippen molar-refractivity contribution < 1.29 is 0 Å². The third-order valence-corrected chi connectivity index (χ3v) is 4.69. The van der Waals surface area contributed by atoms with Crippen LogP contribution in [0.25, 0.3) is 0 Å². The Morgan fingerprint density at radius 2 is 2.21 bits per heavy atom. The van der Waals surface area contributed by atoms with Gasteiger partial charge < -0.3 is 14.8 Å². The molecule has 0 saturated carbocycles. The maximum absolute atomic E-state index is 12.2. The monoisotopic (exact) mass is 344 g/mol. The lowest BCUT2D eigenvalue weighted by Gasteiger charge is -2.31. The Hall–Kier alpha value is -2.41. The number of hydrogen-bond acceptors (Lipinski definition) is 6. The SMILES string of the molecule is C=CCNc1nc(Cl)nc(N2CC3CC(C2)n2c3cccc2=O)n1. The van der Waals surface area contributed by atoms with Crippen molar-refractivity contribution in [2.75, 3.05) is 29.9 Å². The highest BCUT2D eigenvalue weighted by atomic mass is 35.5. The first-order chi connectivity index (χ1) is 11.7. The zero-order chi connectivity index (χ0) is 16.7. The van der Waals surface area contributed by atoms with E-state index in [0.29, 0.717) is 30.9 Å². The van der Waals surface area contributed by atoms with Gasteiger partial charge in [-0.3, -0.25) is 4.79 Å². The van der Waals surface area contributed by atoms with E-state index in [1.807, 2.05) is 16.7 Å². The lowest BCUT2D eigenvalue weighted by Crippen LogP contribution is -2.38. The lowest BCUT2D eigenvalue weighted by molar-refractivity contribution is 0.437. The molecule has 0 amide bonds. The van der Waals surface area contributed by atoms with Gasteiger partial charge in [0.05, 0.1) is 6.04 Å². The van der Waals surface area contributed by atoms with Crippen molar-refractivity contribution in [3.8, 4) is 0 Å². The highest BCUT2D eigenvalue weighted by molar-refractivity contribution is 6.28. The molecule has 2 aromatic heterocycles. The predicted molar refractivity (Wildman–Crippen MR) is 92.8 cm³/mol. The minimum absolute atomic E-state index is 0.0591. The van der Waals surface area contributed by atoms with Crippen LogP contribution in [0.1, 0.15) is 24.1 Å². The van der Waals surface area contributed by atoms with E-state index in [2.05, 4.69) is 31.7 Å². The Morgan fingerprint density at radius 3 is 3.04 bits per heavy atom. The van der Waals surface area contributed by atoms with Gasteiger partial charge >= 0.3 is 0 Å². The summed E-state index contributed by atoms with van der Waals surface area (Å²) in [6.45, 7) is 5.66. The number of hydrogen-bond donors (Lipinski definition) is 1. The second-order valence-electron chi connectivity index (χ2n) is 6.05. The summed E-state index contributed by atoms with van der Waals surface area (Å²) in [5.74, 6) is 1.27. The second kappa shape index (κ2) is 5.90. The van der Waals surface area contributed by atoms with Crippen LogP contribution in [0, 0.1) is 0 Å². The van der Waals surface area contributed by atoms with Crippen LogP contribution in [0.2, 0.25) is 5.28 Å². The largest absolute Gasteiger partial charge is 0.351 e. The molecule has 2 atom stereocenters. The number of halogens is 1. The summed E-state index contributed by atoms with van der Waals surface area (Å²) in [6.07, 6.45) is 2.71. The predicted octanol–water partition coefficient (Wildman–Crippen LogP) is 1.83. The number of pyridine rings is 1. The average Bonchev–Trinajstić information content (AvgIpc) is 2.84. The molecule has 2 aliphatic rings. The number of anilines is 2. The van der Waals surface area contributed by atoms with E-state index in [9.17, 15) is 4.79 Å². The van der Waals surface area contributed by atoms with Crippen LogP contribution in [-0.4, -0.2) is 39.2 Å². The summed E-state index contributed by atoms with van der Waals surface area (Å²) in [6, 6.07) is 5.63. The van der Waals surface area contributed by atoms with Gasteiger partial charge in [-0.05, 0) is 24.1 Å². The second-order valence-corrected chi connectivity index (χ2v) is 6.39. The standard InChI is InChI=1S/C16H17ClN6O/c1-2-6-18-15-19-14(17)20-16(21-15)22-8-10-7-11(9-22)23-12(10)4-3-5-13(23)24/h2-5,10-11H,1,6-9H2,(H,18,19,20,21). The van der Waals surface area contributed by atoms with Crippen LogP contribution in [0.3, 0.4) is 0 Å². The topological polar surface area (TPSA) is 75.9 Å². The minimum atomic E-state index is 0.0591. The van der Waals surface area contributed by atoms with Gasteiger partial charge in [-0.15, -0.1) is 6.58 Å². The smallest absolute Gasteiger partial charge is 0.251 e. The first kappa shape index (κ1) is 15.1. The van der Waals surface area contributed by atoms with Crippen LogP contribution >= 0.6 is 11.6 Å². The number of piperidine rings is 1. The number of fused-ring (bicyclic) bond motifs is 5. The maximum Gasteiger partial charge on any atom is 0.251 e. The van der Waals surface area contributed by atoms with Crippen molar-refractivity contribution >= 4 is 23.5 Å². The number of nitrogens with one attached hydrogen (secondary N) is 1. The fourth-order valence-electron chi connectivity index (χ4n) is 3.60. The minimum Gasteiger partial charge on any atom is -0.351 e. The summed E-state index contributed by atoms with van der Waals surface area (Å²) >= 11 is 6.04. The molecule has 8 heteroatoms. The summed E-state index contributed by atoms with van der Waals surface area (Å²) < 4.78 is 1.91. The Bertz CT molecular complexity index is 851. The van der Waals surface area contributed by atoms with E-state index in [4.69, 9.17) is 11.6 Å². The quantitative estimate of drug-likeness (QED) is 0.853. The Morgan fingerprint density at radius 1 is 1.33 bits per heavy atom. The lowest BCUT2D eigenvalue weighted by atomic mass is 9.97. The van der Waals surface area contributed by atoms with Crippen LogP contribution < -0.4 is 15.8 Å². The van der Waals surface area contributed by atoms with E-state index < -0.39 is 0 Å². The van der Waals surface area contributed by atoms with Gasteiger partial charge in [-0.25, -0.2) is 0 Å². The fourth-order valence-corrected chi connectivity index (χ4v) is 3.76. The van der Waals surface area contributed by atoms with Crippen LogP contribution in [0.5, 0.6) is 0 Å². The molecule has 2 aliphatic heterocycles. The molecule has 0 radical (unpaired) electrons. The Labute approximate surface area is 144 Å². The summed E-state index contributed by atoms with van der Waals surface area (Å²) in [5.41, 5.74) is 1.16. The summed E-state index contributed by atoms with van der Waals surface area (Å²) in [4.78, 5) is 27.1. The first-order valence-corrected chi connectivity index (χ1v) is 8.26. The Balaban J connectivity index is 1.64. The molecule has 1 fully saturated rings. The molecule has 4 rings (SSSR count). The van der Waals surface area contributed by atoms with Crippen LogP contribution in [0.15, 0.2) is 35.6 Å². The molecule has 0 aliphatic carbocycles. The van der Waals surface area contributed by atoms with Crippen molar-refractivity contribution in [3.63, 3.8) is 0 Å². The van der Waals surface area contributed by atoms with Gasteiger partial charge in [-0.2, -0.15) is 15.0 Å². The van der Waals surface area contributed by atoms with Crippen LogP contribution in [0.4, 0.5) is 11.9 Å². The zero-order valence-corrected chi connectivity index (χ0v) is 13.8. The fraction of sp³-hybridized carbons (Fsp3) is 0.375. The molecule has 2 bridgehead atoms. The molecular weight excluding hydrogens is 328 g/mol. The normalized spacial score (nSPS) is 21.5. The van der Waals surface area contributed by atoms with Gasteiger partial charge in [0.25, 0.3) is 5.56 Å². The Kier molecular flexibility index (Phi) is 3.72. The highest BCUT2D eigenvalue weighted by Crippen LogP contribution is 2.40. The van der Waals surface area contributed by atoms with Crippen molar-refractivity contribution in [2.45, 2.75) is 18.4 Å². The number of nitrogens with zero attached hydrogens (tertiary/aromatic N) is 5. The van der Waals surface area contributed by atoms with Gasteiger partial charge in [0.1, 0.15) is 0 Å².